The highest BCUT2D eigenvalue weighted by molar-refractivity contribution is 5.91. The monoisotopic (exact) mass is 678 g/mol. The molecule has 3 aliphatic heterocycles. The second kappa shape index (κ2) is 16.5. The predicted molar refractivity (Wildman–Crippen MR) is 206 cm³/mol. The summed E-state index contributed by atoms with van der Waals surface area (Å²) in [6.45, 7) is 27.9. The van der Waals surface area contributed by atoms with E-state index in [1.54, 1.807) is 0 Å². The Bertz CT molecular complexity index is 1290. The quantitative estimate of drug-likeness (QED) is 0.208. The van der Waals surface area contributed by atoms with E-state index in [0.29, 0.717) is 71.8 Å². The van der Waals surface area contributed by atoms with Gasteiger partial charge in [-0.3, -0.25) is 0 Å². The number of ether oxygens (including phenoxy) is 3. The van der Waals surface area contributed by atoms with E-state index in [2.05, 4.69) is 129 Å². The Hall–Kier alpha value is -2.02. The van der Waals surface area contributed by atoms with E-state index in [1.807, 2.05) is 0 Å². The van der Waals surface area contributed by atoms with Crippen molar-refractivity contribution in [3.8, 4) is 17.2 Å². The van der Waals surface area contributed by atoms with E-state index in [9.17, 15) is 0 Å². The number of hydrogen-bond acceptors (Lipinski definition) is 6. The van der Waals surface area contributed by atoms with Crippen LogP contribution >= 0.6 is 0 Å². The van der Waals surface area contributed by atoms with E-state index in [1.165, 1.54) is 0 Å². The zero-order chi connectivity index (χ0) is 35.6. The van der Waals surface area contributed by atoms with Crippen molar-refractivity contribution in [1.29, 1.82) is 0 Å². The summed E-state index contributed by atoms with van der Waals surface area (Å²) in [6.07, 6.45) is 6.62. The standard InChI is InChI=1S/C43H71N3O3/c1-24(2)37-17-33(18-38(44-37)25(3)4)47-31-14-13-30-15-32(48-34-19-39(26(5)6)45-40(20-34)27(7)8)23-43(36(30)16-31)49-35-21-41(28(9)10)46-42(22-35)29(11)12/h13-16,23-29,33-35,37-42,44-46H,17-22H2,1-12H3. The number of nitrogens with one attached hydrogen (secondary N) is 3. The van der Waals surface area contributed by atoms with Gasteiger partial charge in [-0.15, -0.1) is 0 Å². The van der Waals surface area contributed by atoms with Gasteiger partial charge in [0.1, 0.15) is 35.6 Å². The van der Waals surface area contributed by atoms with Crippen LogP contribution in [-0.2, 0) is 0 Å². The second-order valence-corrected chi connectivity index (χ2v) is 18.0. The molecule has 6 heteroatoms. The highest BCUT2D eigenvalue weighted by atomic mass is 16.5. The molecule has 276 valence electrons. The van der Waals surface area contributed by atoms with Gasteiger partial charge in [-0.25, -0.2) is 0 Å². The SMILES string of the molecule is CC(C)C1CC(Oc2cc(OC3CC(C(C)C)NC(C(C)C)C3)c3cc(OC4CC(C(C)C)NC(C(C)C)C4)ccc3c2)CC(C(C)C)N1. The summed E-state index contributed by atoms with van der Waals surface area (Å²) in [5.74, 6) is 6.16. The van der Waals surface area contributed by atoms with Crippen LogP contribution in [0.4, 0.5) is 0 Å². The number of hydrogen-bond donors (Lipinski definition) is 3. The summed E-state index contributed by atoms with van der Waals surface area (Å²) in [4.78, 5) is 0. The maximum absolute atomic E-state index is 7.12. The molecule has 6 nitrogen and oxygen atoms in total. The Kier molecular flexibility index (Phi) is 12.9. The van der Waals surface area contributed by atoms with E-state index < -0.39 is 0 Å². The van der Waals surface area contributed by atoms with Gasteiger partial charge in [-0.1, -0.05) is 89.2 Å². The molecule has 2 aromatic rings. The Morgan fingerprint density at radius 1 is 0.429 bits per heavy atom. The van der Waals surface area contributed by atoms with Crippen molar-refractivity contribution in [2.75, 3.05) is 0 Å². The average Bonchev–Trinajstić information content (AvgIpc) is 3.04. The third-order valence-electron chi connectivity index (χ3n) is 12.0. The number of benzene rings is 2. The summed E-state index contributed by atoms with van der Waals surface area (Å²) in [6, 6.07) is 13.8. The maximum atomic E-state index is 7.12. The van der Waals surface area contributed by atoms with Crippen molar-refractivity contribution in [1.82, 2.24) is 16.0 Å². The van der Waals surface area contributed by atoms with Gasteiger partial charge in [0, 0.05) is 47.7 Å². The van der Waals surface area contributed by atoms with Crippen molar-refractivity contribution in [2.24, 2.45) is 35.5 Å². The highest BCUT2D eigenvalue weighted by Gasteiger charge is 2.35. The third-order valence-corrected chi connectivity index (χ3v) is 12.0. The van der Waals surface area contributed by atoms with Gasteiger partial charge in [0.2, 0.25) is 0 Å². The molecule has 6 unspecified atom stereocenters. The topological polar surface area (TPSA) is 63.8 Å². The first kappa shape index (κ1) is 38.2. The highest BCUT2D eigenvalue weighted by Crippen LogP contribution is 2.39. The van der Waals surface area contributed by atoms with Crippen molar-refractivity contribution < 1.29 is 14.2 Å². The van der Waals surface area contributed by atoms with Crippen LogP contribution < -0.4 is 30.2 Å². The van der Waals surface area contributed by atoms with Crippen molar-refractivity contribution >= 4 is 10.8 Å². The molecule has 0 spiro atoms. The van der Waals surface area contributed by atoms with Crippen molar-refractivity contribution in [3.63, 3.8) is 0 Å². The zero-order valence-electron chi connectivity index (χ0n) is 33.0. The van der Waals surface area contributed by atoms with E-state index in [-0.39, 0.29) is 18.3 Å². The summed E-state index contributed by atoms with van der Waals surface area (Å²) < 4.78 is 20.9. The lowest BCUT2D eigenvalue weighted by molar-refractivity contribution is 0.0830. The zero-order valence-corrected chi connectivity index (χ0v) is 33.0. The van der Waals surface area contributed by atoms with Crippen LogP contribution in [0, 0.1) is 35.5 Å². The summed E-state index contributed by atoms with van der Waals surface area (Å²) >= 11 is 0. The van der Waals surface area contributed by atoms with Gasteiger partial charge in [0.05, 0.1) is 0 Å². The van der Waals surface area contributed by atoms with Crippen LogP contribution in [-0.4, -0.2) is 54.6 Å². The molecule has 3 saturated heterocycles. The Balaban J connectivity index is 1.46. The van der Waals surface area contributed by atoms with Gasteiger partial charge >= 0.3 is 0 Å². The first-order chi connectivity index (χ1) is 23.2. The molecule has 3 heterocycles. The minimum atomic E-state index is 0.140. The van der Waals surface area contributed by atoms with Gasteiger partial charge in [-0.2, -0.15) is 0 Å². The summed E-state index contributed by atoms with van der Waals surface area (Å²) in [7, 11) is 0. The largest absolute Gasteiger partial charge is 0.490 e. The van der Waals surface area contributed by atoms with Crippen LogP contribution in [0.3, 0.4) is 0 Å². The van der Waals surface area contributed by atoms with Gasteiger partial charge in [0.25, 0.3) is 0 Å². The molecule has 3 N–H and O–H groups in total. The molecule has 2 aromatic carbocycles. The van der Waals surface area contributed by atoms with Crippen molar-refractivity contribution in [2.45, 2.75) is 176 Å². The molecule has 0 aliphatic carbocycles. The number of rotatable bonds is 12. The molecule has 0 aromatic heterocycles. The molecule has 0 saturated carbocycles. The molecular weight excluding hydrogens is 606 g/mol. The molecule has 49 heavy (non-hydrogen) atoms. The molecular formula is C43H71N3O3. The van der Waals surface area contributed by atoms with Gasteiger partial charge in [-0.05, 0) is 97.6 Å². The smallest absolute Gasteiger partial charge is 0.131 e. The van der Waals surface area contributed by atoms with Crippen LogP contribution in [0.1, 0.15) is 122 Å². The van der Waals surface area contributed by atoms with Crippen LogP contribution in [0.2, 0.25) is 0 Å². The lowest BCUT2D eigenvalue weighted by Crippen LogP contribution is -2.53. The fourth-order valence-electron chi connectivity index (χ4n) is 8.38. The van der Waals surface area contributed by atoms with E-state index >= 15 is 0 Å². The summed E-state index contributed by atoms with van der Waals surface area (Å²) in [5.41, 5.74) is 0. The lowest BCUT2D eigenvalue weighted by atomic mass is 9.85. The number of piperidine rings is 3. The average molecular weight is 678 g/mol. The maximum Gasteiger partial charge on any atom is 0.131 e. The molecule has 5 rings (SSSR count). The third kappa shape index (κ3) is 9.86. The minimum absolute atomic E-state index is 0.140. The number of fused-ring (bicyclic) bond motifs is 1. The van der Waals surface area contributed by atoms with Crippen LogP contribution in [0.25, 0.3) is 10.8 Å². The van der Waals surface area contributed by atoms with Crippen LogP contribution in [0.15, 0.2) is 30.3 Å². The fourth-order valence-corrected chi connectivity index (χ4v) is 8.38. The second-order valence-electron chi connectivity index (χ2n) is 18.0. The van der Waals surface area contributed by atoms with Crippen LogP contribution in [0.5, 0.6) is 17.2 Å². The normalized spacial score (nSPS) is 31.4. The van der Waals surface area contributed by atoms with Crippen molar-refractivity contribution in [3.05, 3.63) is 30.3 Å². The first-order valence-electron chi connectivity index (χ1n) is 20.0. The van der Waals surface area contributed by atoms with Gasteiger partial charge in [0.15, 0.2) is 0 Å². The molecule has 3 fully saturated rings. The first-order valence-corrected chi connectivity index (χ1v) is 20.0. The molecule has 3 aliphatic rings. The Morgan fingerprint density at radius 2 is 0.776 bits per heavy atom. The predicted octanol–water partition coefficient (Wildman–Crippen LogP) is 9.38. The van der Waals surface area contributed by atoms with E-state index in [4.69, 9.17) is 14.2 Å². The van der Waals surface area contributed by atoms with Gasteiger partial charge < -0.3 is 30.2 Å². The van der Waals surface area contributed by atoms with E-state index in [0.717, 1.165) is 66.5 Å². The fraction of sp³-hybridized carbons (Fsp3) is 0.767. The molecule has 0 radical (unpaired) electrons. The lowest BCUT2D eigenvalue weighted by Gasteiger charge is -2.40. The molecule has 0 bridgehead atoms. The molecule has 6 atom stereocenters. The molecule has 0 amide bonds. The minimum Gasteiger partial charge on any atom is -0.490 e. The Labute approximate surface area is 299 Å². The summed E-state index contributed by atoms with van der Waals surface area (Å²) in [5, 5.41) is 14.0. The Morgan fingerprint density at radius 3 is 1.14 bits per heavy atom.